The number of nitrogens with one attached hydrogen (secondary N) is 1. The van der Waals surface area contributed by atoms with Crippen LogP contribution in [-0.2, 0) is 11.4 Å². The topological polar surface area (TPSA) is 97.9 Å². The lowest BCUT2D eigenvalue weighted by molar-refractivity contribution is -0.384. The van der Waals surface area contributed by atoms with Crippen LogP contribution < -0.4 is 10.1 Å². The Labute approximate surface area is 166 Å². The Morgan fingerprint density at radius 3 is 2.64 bits per heavy atom. The molecule has 1 N–H and O–H groups in total. The van der Waals surface area contributed by atoms with Gasteiger partial charge >= 0.3 is 0 Å². The second kappa shape index (κ2) is 8.22. The Kier molecular flexibility index (Phi) is 5.74. The first-order valence-corrected chi connectivity index (χ1v) is 9.05. The van der Waals surface area contributed by atoms with E-state index in [2.05, 4.69) is 5.32 Å². The number of non-ortho nitro benzene ring substituents is 1. The summed E-state index contributed by atoms with van der Waals surface area (Å²) >= 11 is 5.22. The van der Waals surface area contributed by atoms with Gasteiger partial charge in [0.15, 0.2) is 5.11 Å². The number of rotatable bonds is 7. The Hall–Kier alpha value is -3.20. The van der Waals surface area contributed by atoms with Crippen LogP contribution in [-0.4, -0.2) is 27.4 Å². The van der Waals surface area contributed by atoms with Gasteiger partial charge in [0.2, 0.25) is 0 Å². The monoisotopic (exact) mass is 401 g/mol. The predicted molar refractivity (Wildman–Crippen MR) is 106 cm³/mol. The van der Waals surface area contributed by atoms with E-state index in [1.807, 2.05) is 13.8 Å². The summed E-state index contributed by atoms with van der Waals surface area (Å²) in [5, 5.41) is 14.0. The highest BCUT2D eigenvalue weighted by Gasteiger charge is 2.31. The van der Waals surface area contributed by atoms with Gasteiger partial charge in [0.05, 0.1) is 4.92 Å². The molecule has 0 unspecified atom stereocenters. The van der Waals surface area contributed by atoms with Gasteiger partial charge in [-0.3, -0.25) is 19.8 Å². The molecule has 0 bridgehead atoms. The van der Waals surface area contributed by atoms with Gasteiger partial charge in [0.25, 0.3) is 11.6 Å². The number of nitrogens with zero attached hydrogens (tertiary/aromatic N) is 2. The van der Waals surface area contributed by atoms with Crippen LogP contribution >= 0.6 is 12.2 Å². The van der Waals surface area contributed by atoms with E-state index in [0.29, 0.717) is 40.5 Å². The summed E-state index contributed by atoms with van der Waals surface area (Å²) < 4.78 is 11.2. The Morgan fingerprint density at radius 2 is 2.00 bits per heavy atom. The summed E-state index contributed by atoms with van der Waals surface area (Å²) in [6.45, 7) is 4.73. The van der Waals surface area contributed by atoms with E-state index in [-0.39, 0.29) is 18.2 Å². The van der Waals surface area contributed by atoms with E-state index in [9.17, 15) is 14.9 Å². The van der Waals surface area contributed by atoms with Crippen molar-refractivity contribution < 1.29 is 18.9 Å². The summed E-state index contributed by atoms with van der Waals surface area (Å²) in [4.78, 5) is 24.2. The van der Waals surface area contributed by atoms with Gasteiger partial charge in [-0.25, -0.2) is 0 Å². The van der Waals surface area contributed by atoms with Crippen LogP contribution in [0.4, 0.5) is 5.69 Å². The summed E-state index contributed by atoms with van der Waals surface area (Å²) in [5.41, 5.74) is 0.361. The van der Waals surface area contributed by atoms with Gasteiger partial charge < -0.3 is 14.5 Å². The standard InChI is InChI=1S/C19H19N3O5S/c1-12(2)10-21-18(23)17(20-19(21)28)9-15-7-8-16(27-15)11-26-14-5-3-13(4-6-14)22(24)25/h3-9,12H,10-11H2,1-2H3,(H,20,28)/b17-9+. The van der Waals surface area contributed by atoms with Crippen molar-refractivity contribution >= 4 is 35.0 Å². The zero-order valence-corrected chi connectivity index (χ0v) is 16.2. The molecule has 0 aliphatic carbocycles. The normalized spacial score (nSPS) is 15.4. The van der Waals surface area contributed by atoms with E-state index in [4.69, 9.17) is 21.4 Å². The average Bonchev–Trinajstić information content (AvgIpc) is 3.20. The van der Waals surface area contributed by atoms with Gasteiger partial charge in [-0.1, -0.05) is 13.8 Å². The lowest BCUT2D eigenvalue weighted by Gasteiger charge is -2.15. The molecule has 146 valence electrons. The SMILES string of the molecule is CC(C)CN1C(=O)/C(=C\c2ccc(COc3ccc([N+](=O)[O-])cc3)o2)NC1=S. The summed E-state index contributed by atoms with van der Waals surface area (Å²) in [6, 6.07) is 9.25. The van der Waals surface area contributed by atoms with Crippen LogP contribution in [0, 0.1) is 16.0 Å². The van der Waals surface area contributed by atoms with Crippen LogP contribution in [0.3, 0.4) is 0 Å². The van der Waals surface area contributed by atoms with Crippen molar-refractivity contribution in [3.8, 4) is 5.75 Å². The molecule has 0 spiro atoms. The summed E-state index contributed by atoms with van der Waals surface area (Å²) in [5.74, 6) is 1.66. The van der Waals surface area contributed by atoms with Gasteiger partial charge in [-0.05, 0) is 42.4 Å². The van der Waals surface area contributed by atoms with Gasteiger partial charge in [-0.15, -0.1) is 0 Å². The quantitative estimate of drug-likeness (QED) is 0.328. The molecule has 28 heavy (non-hydrogen) atoms. The Bertz CT molecular complexity index is 933. The number of nitro groups is 1. The summed E-state index contributed by atoms with van der Waals surface area (Å²) in [6.07, 6.45) is 1.60. The third-order valence-electron chi connectivity index (χ3n) is 3.91. The molecule has 1 aliphatic heterocycles. The molecule has 1 aromatic heterocycles. The molecule has 0 atom stereocenters. The number of benzene rings is 1. The minimum atomic E-state index is -0.470. The molecule has 2 heterocycles. The fraction of sp³-hybridized carbons (Fsp3) is 0.263. The van der Waals surface area contributed by atoms with Crippen LogP contribution in [0.1, 0.15) is 25.4 Å². The molecule has 1 aromatic carbocycles. The molecule has 0 radical (unpaired) electrons. The third-order valence-corrected chi connectivity index (χ3v) is 4.23. The molecule has 1 fully saturated rings. The highest BCUT2D eigenvalue weighted by Crippen LogP contribution is 2.20. The molecular formula is C19H19N3O5S. The van der Waals surface area contributed by atoms with E-state index in [0.717, 1.165) is 0 Å². The van der Waals surface area contributed by atoms with Crippen LogP contribution in [0.25, 0.3) is 6.08 Å². The molecule has 3 rings (SSSR count). The minimum Gasteiger partial charge on any atom is -0.486 e. The van der Waals surface area contributed by atoms with E-state index >= 15 is 0 Å². The van der Waals surface area contributed by atoms with Gasteiger partial charge in [0.1, 0.15) is 29.6 Å². The minimum absolute atomic E-state index is 0.00239. The number of nitro benzene ring substituents is 1. The lowest BCUT2D eigenvalue weighted by Crippen LogP contribution is -2.33. The van der Waals surface area contributed by atoms with Crippen molar-refractivity contribution in [1.82, 2.24) is 10.2 Å². The lowest BCUT2D eigenvalue weighted by atomic mass is 10.2. The smallest absolute Gasteiger partial charge is 0.276 e. The number of amides is 1. The van der Waals surface area contributed by atoms with Crippen LogP contribution in [0.5, 0.6) is 5.75 Å². The average molecular weight is 401 g/mol. The zero-order chi connectivity index (χ0) is 20.3. The number of furan rings is 1. The van der Waals surface area contributed by atoms with Gasteiger partial charge in [0, 0.05) is 24.8 Å². The number of carbonyl (C=O) groups excluding carboxylic acids is 1. The molecule has 9 heteroatoms. The van der Waals surface area contributed by atoms with Crippen molar-refractivity contribution in [3.63, 3.8) is 0 Å². The zero-order valence-electron chi connectivity index (χ0n) is 15.4. The van der Waals surface area contributed by atoms with Crippen molar-refractivity contribution in [2.24, 2.45) is 5.92 Å². The molecular weight excluding hydrogens is 382 g/mol. The molecule has 8 nitrogen and oxygen atoms in total. The highest BCUT2D eigenvalue weighted by atomic mass is 32.1. The van der Waals surface area contributed by atoms with Crippen molar-refractivity contribution in [2.75, 3.05) is 6.54 Å². The first-order chi connectivity index (χ1) is 13.3. The fourth-order valence-electron chi connectivity index (χ4n) is 2.61. The van der Waals surface area contributed by atoms with E-state index in [1.165, 1.54) is 29.2 Å². The first-order valence-electron chi connectivity index (χ1n) is 8.64. The molecule has 0 saturated carbocycles. The maximum absolute atomic E-state index is 12.4. The van der Waals surface area contributed by atoms with Crippen LogP contribution in [0.15, 0.2) is 46.5 Å². The predicted octanol–water partition coefficient (Wildman–Crippen LogP) is 3.48. The van der Waals surface area contributed by atoms with Gasteiger partial charge in [-0.2, -0.15) is 0 Å². The van der Waals surface area contributed by atoms with Crippen molar-refractivity contribution in [3.05, 3.63) is 63.7 Å². The first kappa shape index (κ1) is 19.6. The number of hydrogen-bond acceptors (Lipinski definition) is 6. The van der Waals surface area contributed by atoms with E-state index < -0.39 is 4.92 Å². The second-order valence-corrected chi connectivity index (χ2v) is 7.03. The Balaban J connectivity index is 1.62. The molecule has 1 amide bonds. The highest BCUT2D eigenvalue weighted by molar-refractivity contribution is 7.80. The number of ether oxygens (including phenoxy) is 1. The van der Waals surface area contributed by atoms with Crippen LogP contribution in [0.2, 0.25) is 0 Å². The molecule has 1 aliphatic rings. The molecule has 2 aromatic rings. The second-order valence-electron chi connectivity index (χ2n) is 6.64. The largest absolute Gasteiger partial charge is 0.486 e. The number of carbonyl (C=O) groups is 1. The summed E-state index contributed by atoms with van der Waals surface area (Å²) in [7, 11) is 0. The Morgan fingerprint density at radius 1 is 1.29 bits per heavy atom. The number of thiocarbonyl (C=S) groups is 1. The van der Waals surface area contributed by atoms with Crippen molar-refractivity contribution in [1.29, 1.82) is 0 Å². The third kappa shape index (κ3) is 4.55. The van der Waals surface area contributed by atoms with Crippen molar-refractivity contribution in [2.45, 2.75) is 20.5 Å². The maximum Gasteiger partial charge on any atom is 0.276 e. The van der Waals surface area contributed by atoms with E-state index in [1.54, 1.807) is 18.2 Å². The maximum atomic E-state index is 12.4. The molecule has 1 saturated heterocycles. The number of hydrogen-bond donors (Lipinski definition) is 1. The fourth-order valence-corrected chi connectivity index (χ4v) is 2.88.